The van der Waals surface area contributed by atoms with Crippen LogP contribution in [0.4, 0.5) is 0 Å². The van der Waals surface area contributed by atoms with Gasteiger partial charge < -0.3 is 4.74 Å². The predicted molar refractivity (Wildman–Crippen MR) is 87.8 cm³/mol. The number of hydrogen-bond donors (Lipinski definition) is 0. The molecule has 0 unspecified atom stereocenters. The number of aromatic nitrogens is 3. The van der Waals surface area contributed by atoms with Crippen LogP contribution in [-0.2, 0) is 6.54 Å². The van der Waals surface area contributed by atoms with E-state index in [1.807, 2.05) is 34.9 Å². The Hall–Kier alpha value is -2.26. The molecule has 0 aliphatic rings. The smallest absolute Gasteiger partial charge is 0.191 e. The zero-order valence-electron chi connectivity index (χ0n) is 12.5. The Labute approximate surface area is 134 Å². The largest absolute Gasteiger partial charge is 0.497 e. The molecule has 0 spiro atoms. The first-order chi connectivity index (χ1) is 10.8. The van der Waals surface area contributed by atoms with Crippen molar-refractivity contribution < 1.29 is 4.74 Å². The zero-order chi connectivity index (χ0) is 15.8. The molecule has 0 amide bonds. The lowest BCUT2D eigenvalue weighted by Crippen LogP contribution is -2.01. The molecule has 2 rings (SSSR count). The van der Waals surface area contributed by atoms with Gasteiger partial charge in [0.25, 0.3) is 0 Å². The number of methoxy groups -OCH3 is 1. The van der Waals surface area contributed by atoms with Crippen molar-refractivity contribution in [1.29, 1.82) is 5.26 Å². The third-order valence-electron chi connectivity index (χ3n) is 3.04. The van der Waals surface area contributed by atoms with Gasteiger partial charge in [0.1, 0.15) is 5.75 Å². The van der Waals surface area contributed by atoms with Gasteiger partial charge in [-0.2, -0.15) is 5.26 Å². The fourth-order valence-corrected chi connectivity index (χ4v) is 2.84. The topological polar surface area (TPSA) is 63.7 Å². The van der Waals surface area contributed by atoms with Crippen LogP contribution >= 0.6 is 11.8 Å². The number of unbranched alkanes of at least 4 members (excludes halogenated alkanes) is 1. The minimum absolute atomic E-state index is 0.563. The number of hydrogen-bond acceptors (Lipinski definition) is 5. The van der Waals surface area contributed by atoms with Gasteiger partial charge in [0.15, 0.2) is 11.0 Å². The average molecular weight is 314 g/mol. The summed E-state index contributed by atoms with van der Waals surface area (Å²) < 4.78 is 7.21. The van der Waals surface area contributed by atoms with Gasteiger partial charge in [0, 0.05) is 24.3 Å². The zero-order valence-corrected chi connectivity index (χ0v) is 13.3. The molecule has 0 saturated heterocycles. The monoisotopic (exact) mass is 314 g/mol. The van der Waals surface area contributed by atoms with Gasteiger partial charge in [-0.3, -0.25) is 4.57 Å². The van der Waals surface area contributed by atoms with Crippen LogP contribution in [0.15, 0.2) is 42.1 Å². The summed E-state index contributed by atoms with van der Waals surface area (Å²) in [4.78, 5) is 0. The fraction of sp³-hybridized carbons (Fsp3) is 0.312. The maximum absolute atomic E-state index is 8.58. The van der Waals surface area contributed by atoms with Crippen molar-refractivity contribution in [1.82, 2.24) is 14.8 Å². The lowest BCUT2D eigenvalue weighted by Gasteiger charge is -2.08. The van der Waals surface area contributed by atoms with Crippen LogP contribution in [0.1, 0.15) is 12.8 Å². The molecule has 0 atom stereocenters. The number of thioether (sulfide) groups is 1. The Morgan fingerprint density at radius 3 is 2.77 bits per heavy atom. The molecule has 0 aliphatic carbocycles. The summed E-state index contributed by atoms with van der Waals surface area (Å²) in [5.74, 6) is 2.47. The van der Waals surface area contributed by atoms with Gasteiger partial charge >= 0.3 is 0 Å². The number of ether oxygens (including phenoxy) is 1. The highest BCUT2D eigenvalue weighted by atomic mass is 32.2. The van der Waals surface area contributed by atoms with Crippen molar-refractivity contribution in [3.8, 4) is 23.2 Å². The summed E-state index contributed by atoms with van der Waals surface area (Å²) in [6.07, 6.45) is 3.24. The first-order valence-electron chi connectivity index (χ1n) is 6.98. The maximum atomic E-state index is 8.58. The molecule has 0 fully saturated rings. The summed E-state index contributed by atoms with van der Waals surface area (Å²) in [5, 5.41) is 18.0. The van der Waals surface area contributed by atoms with Crippen LogP contribution in [-0.4, -0.2) is 27.6 Å². The molecule has 1 aromatic heterocycles. The summed E-state index contributed by atoms with van der Waals surface area (Å²) in [6, 6.07) is 9.89. The molecule has 0 radical (unpaired) electrons. The highest BCUT2D eigenvalue weighted by Crippen LogP contribution is 2.26. The lowest BCUT2D eigenvalue weighted by atomic mass is 10.2. The van der Waals surface area contributed by atoms with Gasteiger partial charge in [0.2, 0.25) is 0 Å². The molecule has 0 bridgehead atoms. The Kier molecular flexibility index (Phi) is 6.04. The van der Waals surface area contributed by atoms with Crippen molar-refractivity contribution in [2.75, 3.05) is 12.9 Å². The molecule has 6 heteroatoms. The molecule has 22 heavy (non-hydrogen) atoms. The number of rotatable bonds is 8. The molecular formula is C16H18N4OS. The number of nitriles is 1. The number of allylic oxidation sites excluding steroid dienone is 1. The number of nitrogens with zero attached hydrogens (tertiary/aromatic N) is 4. The lowest BCUT2D eigenvalue weighted by molar-refractivity contribution is 0.415. The molecule has 1 aromatic carbocycles. The van der Waals surface area contributed by atoms with E-state index in [0.29, 0.717) is 13.0 Å². The minimum Gasteiger partial charge on any atom is -0.497 e. The molecule has 2 aromatic rings. The van der Waals surface area contributed by atoms with Crippen LogP contribution in [0.3, 0.4) is 0 Å². The van der Waals surface area contributed by atoms with Gasteiger partial charge in [-0.15, -0.1) is 16.8 Å². The van der Waals surface area contributed by atoms with E-state index in [1.165, 1.54) is 0 Å². The van der Waals surface area contributed by atoms with E-state index >= 15 is 0 Å². The molecule has 1 heterocycles. The van der Waals surface area contributed by atoms with Gasteiger partial charge in [0.05, 0.1) is 13.2 Å². The third kappa shape index (κ3) is 3.89. The third-order valence-corrected chi connectivity index (χ3v) is 4.09. The maximum Gasteiger partial charge on any atom is 0.191 e. The van der Waals surface area contributed by atoms with E-state index in [9.17, 15) is 0 Å². The van der Waals surface area contributed by atoms with Crippen LogP contribution in [0.5, 0.6) is 5.75 Å². The Morgan fingerprint density at radius 2 is 2.14 bits per heavy atom. The summed E-state index contributed by atoms with van der Waals surface area (Å²) in [6.45, 7) is 4.45. The predicted octanol–water partition coefficient (Wildman–Crippen LogP) is 3.54. The second-order valence-corrected chi connectivity index (χ2v) is 5.61. The van der Waals surface area contributed by atoms with Crippen LogP contribution in [0, 0.1) is 11.3 Å². The summed E-state index contributed by atoms with van der Waals surface area (Å²) >= 11 is 1.62. The Bertz CT molecular complexity index is 658. The minimum atomic E-state index is 0.563. The second kappa shape index (κ2) is 8.25. The van der Waals surface area contributed by atoms with Crippen molar-refractivity contribution in [2.45, 2.75) is 24.5 Å². The van der Waals surface area contributed by atoms with Crippen molar-refractivity contribution in [3.05, 3.63) is 36.9 Å². The summed E-state index contributed by atoms with van der Waals surface area (Å²) in [5.41, 5.74) is 0.985. The molecule has 0 N–H and O–H groups in total. The van der Waals surface area contributed by atoms with E-state index in [4.69, 9.17) is 10.00 Å². The van der Waals surface area contributed by atoms with Crippen LogP contribution in [0.25, 0.3) is 11.4 Å². The quantitative estimate of drug-likeness (QED) is 0.424. The van der Waals surface area contributed by atoms with Gasteiger partial charge in [-0.1, -0.05) is 17.8 Å². The highest BCUT2D eigenvalue weighted by Gasteiger charge is 2.13. The highest BCUT2D eigenvalue weighted by molar-refractivity contribution is 7.99. The van der Waals surface area contributed by atoms with E-state index in [0.717, 1.165) is 34.5 Å². The second-order valence-electron chi connectivity index (χ2n) is 4.54. The van der Waals surface area contributed by atoms with Gasteiger partial charge in [-0.25, -0.2) is 0 Å². The normalized spacial score (nSPS) is 10.2. The van der Waals surface area contributed by atoms with E-state index in [-0.39, 0.29) is 0 Å². The van der Waals surface area contributed by atoms with Crippen molar-refractivity contribution >= 4 is 11.8 Å². The van der Waals surface area contributed by atoms with Crippen molar-refractivity contribution in [3.63, 3.8) is 0 Å². The van der Waals surface area contributed by atoms with E-state index < -0.39 is 0 Å². The average Bonchev–Trinajstić information content (AvgIpc) is 2.95. The van der Waals surface area contributed by atoms with Gasteiger partial charge in [-0.05, 0) is 30.7 Å². The standard InChI is InChI=1S/C16H18N4OS/c1-3-11-20-15(13-6-8-14(21-2)9-7-13)18-19-16(20)22-12-5-4-10-17/h3,6-9H,1,4-5,11-12H2,2H3. The molecular weight excluding hydrogens is 296 g/mol. The van der Waals surface area contributed by atoms with E-state index in [1.54, 1.807) is 18.9 Å². The molecule has 114 valence electrons. The Balaban J connectivity index is 2.21. The molecule has 0 saturated carbocycles. The SMILES string of the molecule is C=CCn1c(SCCCC#N)nnc1-c1ccc(OC)cc1. The first-order valence-corrected chi connectivity index (χ1v) is 7.97. The van der Waals surface area contributed by atoms with Crippen LogP contribution < -0.4 is 4.74 Å². The molecule has 0 aliphatic heterocycles. The summed E-state index contributed by atoms with van der Waals surface area (Å²) in [7, 11) is 1.64. The first kappa shape index (κ1) is 16.1. The van der Waals surface area contributed by atoms with Crippen molar-refractivity contribution in [2.24, 2.45) is 0 Å². The molecule has 5 nitrogen and oxygen atoms in total. The van der Waals surface area contributed by atoms with E-state index in [2.05, 4.69) is 22.8 Å². The number of benzene rings is 1. The van der Waals surface area contributed by atoms with Crippen LogP contribution in [0.2, 0.25) is 0 Å². The Morgan fingerprint density at radius 1 is 1.36 bits per heavy atom. The fourth-order valence-electron chi connectivity index (χ4n) is 1.96.